The van der Waals surface area contributed by atoms with E-state index in [9.17, 15) is 9.59 Å². The van der Waals surface area contributed by atoms with Gasteiger partial charge in [-0.2, -0.15) is 0 Å². The number of esters is 2. The minimum atomic E-state index is -0.533. The van der Waals surface area contributed by atoms with Crippen LogP contribution in [0.5, 0.6) is 0 Å². The molecule has 0 N–H and O–H groups in total. The summed E-state index contributed by atoms with van der Waals surface area (Å²) < 4.78 is 17.5. The van der Waals surface area contributed by atoms with Crippen LogP contribution >= 0.6 is 0 Å². The minimum Gasteiger partial charge on any atom is -0.462 e. The van der Waals surface area contributed by atoms with Crippen LogP contribution in [0.25, 0.3) is 0 Å². The number of carbonyl (C=O) groups is 2. The van der Waals surface area contributed by atoms with E-state index in [-0.39, 0.29) is 18.5 Å². The third-order valence-corrected chi connectivity index (χ3v) is 14.0. The molecule has 0 fully saturated rings. The fraction of sp³-hybridized carbons (Fsp3) is 0.905. The lowest BCUT2D eigenvalue weighted by Gasteiger charge is -2.18. The van der Waals surface area contributed by atoms with Crippen LogP contribution < -0.4 is 0 Å². The molecule has 1 unspecified atom stereocenters. The molecule has 0 bridgehead atoms. The van der Waals surface area contributed by atoms with Crippen molar-refractivity contribution >= 4 is 11.9 Å². The summed E-state index contributed by atoms with van der Waals surface area (Å²) in [7, 11) is 0. The predicted octanol–water partition coefficient (Wildman–Crippen LogP) is 21.1. The van der Waals surface area contributed by atoms with Crippen LogP contribution in [-0.2, 0) is 23.8 Å². The van der Waals surface area contributed by atoms with Gasteiger partial charge in [0, 0.05) is 19.4 Å². The van der Waals surface area contributed by atoms with Crippen LogP contribution in [0.1, 0.15) is 342 Å². The monoisotopic (exact) mass is 957 g/mol. The zero-order valence-corrected chi connectivity index (χ0v) is 46.4. The van der Waals surface area contributed by atoms with E-state index in [4.69, 9.17) is 14.2 Å². The molecule has 0 aliphatic carbocycles. The van der Waals surface area contributed by atoms with Crippen molar-refractivity contribution in [3.05, 3.63) is 24.3 Å². The summed E-state index contributed by atoms with van der Waals surface area (Å²) >= 11 is 0. The first-order chi connectivity index (χ1) is 33.6. The topological polar surface area (TPSA) is 61.8 Å². The first-order valence-corrected chi connectivity index (χ1v) is 30.9. The van der Waals surface area contributed by atoms with Gasteiger partial charge in [-0.1, -0.05) is 302 Å². The van der Waals surface area contributed by atoms with Gasteiger partial charge < -0.3 is 14.2 Å². The largest absolute Gasteiger partial charge is 0.462 e. The second kappa shape index (κ2) is 59.7. The molecule has 0 saturated carbocycles. The van der Waals surface area contributed by atoms with Crippen LogP contribution in [0, 0.1) is 0 Å². The maximum atomic E-state index is 12.9. The Morgan fingerprint density at radius 2 is 0.618 bits per heavy atom. The number of allylic oxidation sites excluding steroid dienone is 4. The number of hydrogen-bond acceptors (Lipinski definition) is 5. The highest BCUT2D eigenvalue weighted by molar-refractivity contribution is 5.70. The van der Waals surface area contributed by atoms with Gasteiger partial charge >= 0.3 is 11.9 Å². The maximum Gasteiger partial charge on any atom is 0.306 e. The van der Waals surface area contributed by atoms with Crippen molar-refractivity contribution in [3.8, 4) is 0 Å². The third-order valence-electron chi connectivity index (χ3n) is 14.0. The summed E-state index contributed by atoms with van der Waals surface area (Å²) in [6.45, 7) is 7.88. The van der Waals surface area contributed by atoms with E-state index in [1.165, 1.54) is 270 Å². The SMILES string of the molecule is CCCCC/C=C\C/C=C\CCCCCCCCCC(=O)OCC(COCCCCCCCCCCCCCCCCCCCC)OC(=O)CCCCCCCCCCCCCCCCCCC. The summed E-state index contributed by atoms with van der Waals surface area (Å²) in [4.78, 5) is 25.6. The summed E-state index contributed by atoms with van der Waals surface area (Å²) in [5, 5.41) is 0. The Morgan fingerprint density at radius 1 is 0.324 bits per heavy atom. The Kier molecular flexibility index (Phi) is 58.3. The average molecular weight is 958 g/mol. The summed E-state index contributed by atoms with van der Waals surface area (Å²) in [6, 6.07) is 0. The predicted molar refractivity (Wildman–Crippen MR) is 298 cm³/mol. The van der Waals surface area contributed by atoms with Gasteiger partial charge in [0.1, 0.15) is 6.61 Å². The molecule has 0 aliphatic rings. The molecule has 402 valence electrons. The van der Waals surface area contributed by atoms with E-state index in [2.05, 4.69) is 45.1 Å². The highest BCUT2D eigenvalue weighted by Crippen LogP contribution is 2.17. The van der Waals surface area contributed by atoms with Crippen LogP contribution in [-0.4, -0.2) is 37.9 Å². The first-order valence-electron chi connectivity index (χ1n) is 30.9. The molecule has 0 saturated heterocycles. The van der Waals surface area contributed by atoms with Crippen molar-refractivity contribution in [2.45, 2.75) is 348 Å². The van der Waals surface area contributed by atoms with Gasteiger partial charge in [0.25, 0.3) is 0 Å². The van der Waals surface area contributed by atoms with Crippen LogP contribution in [0.2, 0.25) is 0 Å². The molecule has 68 heavy (non-hydrogen) atoms. The summed E-state index contributed by atoms with van der Waals surface area (Å²) in [5.41, 5.74) is 0. The minimum absolute atomic E-state index is 0.0897. The van der Waals surface area contributed by atoms with Gasteiger partial charge in [-0.25, -0.2) is 0 Å². The van der Waals surface area contributed by atoms with Crippen molar-refractivity contribution in [1.29, 1.82) is 0 Å². The Balaban J connectivity index is 4.22. The molecule has 0 heterocycles. The van der Waals surface area contributed by atoms with E-state index in [0.29, 0.717) is 26.1 Å². The van der Waals surface area contributed by atoms with Gasteiger partial charge in [0.05, 0.1) is 6.61 Å². The third kappa shape index (κ3) is 57.0. The van der Waals surface area contributed by atoms with Crippen LogP contribution in [0.15, 0.2) is 24.3 Å². The molecule has 0 amide bonds. The fourth-order valence-electron chi connectivity index (χ4n) is 9.37. The van der Waals surface area contributed by atoms with Crippen LogP contribution in [0.3, 0.4) is 0 Å². The number of ether oxygens (including phenoxy) is 3. The van der Waals surface area contributed by atoms with Crippen molar-refractivity contribution in [2.75, 3.05) is 19.8 Å². The van der Waals surface area contributed by atoms with Gasteiger partial charge in [0.2, 0.25) is 0 Å². The molecule has 0 aromatic heterocycles. The Labute approximate surface area is 426 Å². The molecule has 5 nitrogen and oxygen atoms in total. The molecule has 0 aromatic carbocycles. The van der Waals surface area contributed by atoms with E-state index in [1.54, 1.807) is 0 Å². The lowest BCUT2D eigenvalue weighted by atomic mass is 10.0. The van der Waals surface area contributed by atoms with Crippen molar-refractivity contribution in [3.63, 3.8) is 0 Å². The Hall–Kier alpha value is -1.62. The molecule has 5 heteroatoms. The quantitative estimate of drug-likeness (QED) is 0.0345. The average Bonchev–Trinajstić information content (AvgIpc) is 3.34. The molecular formula is C63H120O5. The number of carbonyl (C=O) groups excluding carboxylic acids is 2. The first kappa shape index (κ1) is 66.4. The molecule has 0 aromatic rings. The zero-order chi connectivity index (χ0) is 49.2. The molecule has 0 radical (unpaired) electrons. The molecular weight excluding hydrogens is 837 g/mol. The van der Waals surface area contributed by atoms with Crippen molar-refractivity contribution < 1.29 is 23.8 Å². The molecule has 1 atom stereocenters. The van der Waals surface area contributed by atoms with Crippen LogP contribution in [0.4, 0.5) is 0 Å². The summed E-state index contributed by atoms with van der Waals surface area (Å²) in [5.74, 6) is -0.379. The van der Waals surface area contributed by atoms with Gasteiger partial charge in [0.15, 0.2) is 6.10 Å². The highest BCUT2D eigenvalue weighted by Gasteiger charge is 2.18. The van der Waals surface area contributed by atoms with Crippen molar-refractivity contribution in [1.82, 2.24) is 0 Å². The van der Waals surface area contributed by atoms with Gasteiger partial charge in [-0.05, 0) is 51.4 Å². The lowest BCUT2D eigenvalue weighted by molar-refractivity contribution is -0.163. The highest BCUT2D eigenvalue weighted by atomic mass is 16.6. The lowest BCUT2D eigenvalue weighted by Crippen LogP contribution is -2.30. The second-order valence-corrected chi connectivity index (χ2v) is 21.0. The number of hydrogen-bond donors (Lipinski definition) is 0. The van der Waals surface area contributed by atoms with E-state index in [1.807, 2.05) is 0 Å². The fourth-order valence-corrected chi connectivity index (χ4v) is 9.37. The van der Waals surface area contributed by atoms with Gasteiger partial charge in [-0.15, -0.1) is 0 Å². The van der Waals surface area contributed by atoms with E-state index >= 15 is 0 Å². The summed E-state index contributed by atoms with van der Waals surface area (Å²) in [6.07, 6.45) is 72.1. The Morgan fingerprint density at radius 3 is 1.00 bits per heavy atom. The number of unbranched alkanes of at least 4 members (excludes halogenated alkanes) is 43. The normalized spacial score (nSPS) is 12.2. The van der Waals surface area contributed by atoms with Gasteiger partial charge in [-0.3, -0.25) is 9.59 Å². The van der Waals surface area contributed by atoms with E-state index in [0.717, 1.165) is 38.5 Å². The molecule has 0 rings (SSSR count). The van der Waals surface area contributed by atoms with Crippen molar-refractivity contribution in [2.24, 2.45) is 0 Å². The second-order valence-electron chi connectivity index (χ2n) is 21.0. The molecule has 0 spiro atoms. The standard InChI is InChI=1S/C63H120O5/c1-4-7-10-13-16-19-22-25-28-31-34-37-40-43-46-49-52-55-58-66-59-61(68-63(65)57-54-51-48-45-42-39-36-33-30-27-24-21-18-15-12-9-6-3)60-67-62(64)56-53-50-47-44-41-38-35-32-29-26-23-20-17-14-11-8-5-2/h17,20,26,29,61H,4-16,18-19,21-25,27-28,30-60H2,1-3H3/b20-17-,29-26-. The maximum absolute atomic E-state index is 12.9. The number of rotatable bonds is 58. The molecule has 0 aliphatic heterocycles. The smallest absolute Gasteiger partial charge is 0.306 e. The van der Waals surface area contributed by atoms with E-state index < -0.39 is 6.10 Å². The zero-order valence-electron chi connectivity index (χ0n) is 46.4. The Bertz CT molecular complexity index is 1040.